The first-order valence-corrected chi connectivity index (χ1v) is 9.54. The molecule has 1 aliphatic heterocycles. The molecule has 0 spiro atoms. The second-order valence-electron chi connectivity index (χ2n) is 7.88. The number of pyridine rings is 1. The molecular formula is C21H26N6O. The number of hydrogen-bond acceptors (Lipinski definition) is 6. The molecule has 0 bridgehead atoms. The van der Waals surface area contributed by atoms with Crippen molar-refractivity contribution in [3.8, 4) is 6.07 Å². The monoisotopic (exact) mass is 378 g/mol. The lowest BCUT2D eigenvalue weighted by atomic mass is 9.87. The number of hydrogen-bond donors (Lipinski definition) is 1. The van der Waals surface area contributed by atoms with Crippen LogP contribution in [0.3, 0.4) is 0 Å². The molecule has 0 radical (unpaired) electrons. The molecule has 1 N–H and O–H groups in total. The van der Waals surface area contributed by atoms with Crippen molar-refractivity contribution in [2.24, 2.45) is 5.41 Å². The zero-order chi connectivity index (χ0) is 20.3. The fourth-order valence-corrected chi connectivity index (χ4v) is 3.52. The van der Waals surface area contributed by atoms with Gasteiger partial charge < -0.3 is 10.2 Å². The molecule has 1 amide bonds. The number of carbonyl (C=O) groups excluding carboxylic acids is 1. The Kier molecular flexibility index (Phi) is 5.59. The number of nitrogens with one attached hydrogen (secondary N) is 1. The van der Waals surface area contributed by atoms with Crippen molar-refractivity contribution in [2.45, 2.75) is 46.5 Å². The van der Waals surface area contributed by atoms with Crippen LogP contribution in [0, 0.1) is 30.6 Å². The summed E-state index contributed by atoms with van der Waals surface area (Å²) < 4.78 is 0. The number of nitriles is 1. The van der Waals surface area contributed by atoms with Gasteiger partial charge in [-0.3, -0.25) is 4.79 Å². The Hall–Kier alpha value is -3.01. The van der Waals surface area contributed by atoms with Crippen LogP contribution < -0.4 is 5.32 Å². The van der Waals surface area contributed by atoms with Crippen LogP contribution in [-0.4, -0.2) is 38.8 Å². The summed E-state index contributed by atoms with van der Waals surface area (Å²) in [5.41, 5.74) is 2.03. The van der Waals surface area contributed by atoms with Crippen molar-refractivity contribution in [2.75, 3.05) is 18.4 Å². The summed E-state index contributed by atoms with van der Waals surface area (Å²) >= 11 is 0. The van der Waals surface area contributed by atoms with E-state index >= 15 is 0 Å². The van der Waals surface area contributed by atoms with Crippen LogP contribution >= 0.6 is 0 Å². The number of carbonyl (C=O) groups is 1. The van der Waals surface area contributed by atoms with E-state index in [2.05, 4.69) is 26.3 Å². The summed E-state index contributed by atoms with van der Waals surface area (Å²) in [4.78, 5) is 27.5. The summed E-state index contributed by atoms with van der Waals surface area (Å²) in [5, 5.41) is 12.4. The summed E-state index contributed by atoms with van der Waals surface area (Å²) in [7, 11) is 0. The topological polar surface area (TPSA) is 94.8 Å². The van der Waals surface area contributed by atoms with Crippen molar-refractivity contribution >= 4 is 17.7 Å². The predicted molar refractivity (Wildman–Crippen MR) is 107 cm³/mol. The van der Waals surface area contributed by atoms with Crippen LogP contribution in [-0.2, 0) is 4.79 Å². The van der Waals surface area contributed by atoms with Crippen LogP contribution in [0.15, 0.2) is 24.4 Å². The maximum atomic E-state index is 12.5. The molecule has 7 heteroatoms. The molecule has 0 atom stereocenters. The highest BCUT2D eigenvalue weighted by Gasteiger charge is 2.34. The first kappa shape index (κ1) is 19.7. The molecule has 3 heterocycles. The van der Waals surface area contributed by atoms with Gasteiger partial charge in [-0.15, -0.1) is 0 Å². The first-order chi connectivity index (χ1) is 13.3. The molecule has 2 aromatic rings. The molecule has 1 fully saturated rings. The zero-order valence-corrected chi connectivity index (χ0v) is 16.9. The van der Waals surface area contributed by atoms with E-state index in [1.54, 1.807) is 20.0 Å². The van der Waals surface area contributed by atoms with Crippen LogP contribution in [0.5, 0.6) is 0 Å². The van der Waals surface area contributed by atoms with E-state index in [4.69, 9.17) is 0 Å². The molecule has 3 rings (SSSR count). The minimum Gasteiger partial charge on any atom is -0.341 e. The second-order valence-corrected chi connectivity index (χ2v) is 7.88. The zero-order valence-electron chi connectivity index (χ0n) is 16.9. The van der Waals surface area contributed by atoms with Gasteiger partial charge in [-0.25, -0.2) is 15.0 Å². The van der Waals surface area contributed by atoms with Gasteiger partial charge in [0.2, 0.25) is 11.9 Å². The van der Waals surface area contributed by atoms with E-state index in [9.17, 15) is 10.1 Å². The highest BCUT2D eigenvalue weighted by Crippen LogP contribution is 2.31. The molecule has 0 aliphatic carbocycles. The highest BCUT2D eigenvalue weighted by molar-refractivity contribution is 5.84. The Morgan fingerprint density at radius 2 is 1.86 bits per heavy atom. The third-order valence-electron chi connectivity index (χ3n) is 5.07. The van der Waals surface area contributed by atoms with Crippen LogP contribution in [0.2, 0.25) is 0 Å². The number of piperidine rings is 1. The summed E-state index contributed by atoms with van der Waals surface area (Å²) in [6.45, 7) is 8.56. The van der Waals surface area contributed by atoms with E-state index in [-0.39, 0.29) is 5.91 Å². The maximum absolute atomic E-state index is 12.5. The van der Waals surface area contributed by atoms with Crippen molar-refractivity contribution in [1.82, 2.24) is 19.9 Å². The molecule has 28 heavy (non-hydrogen) atoms. The van der Waals surface area contributed by atoms with Crippen LogP contribution in [0.4, 0.5) is 11.8 Å². The molecule has 2 aromatic heterocycles. The molecule has 1 aliphatic rings. The van der Waals surface area contributed by atoms with E-state index in [1.807, 2.05) is 36.9 Å². The molecule has 0 saturated carbocycles. The average Bonchev–Trinajstić information content (AvgIpc) is 2.67. The standard InChI is InChI=1S/C21H26N6O/c1-14-11-15(2)25-20(24-14)26-18-12-17(5-8-23-18)16-6-9-27(10-7-16)19(28)21(3,4)13-22/h5,8,11-12,16H,6-7,9-10H2,1-4H3,(H,23,24,25,26). The number of amides is 1. The lowest BCUT2D eigenvalue weighted by molar-refractivity contribution is -0.138. The number of anilines is 2. The van der Waals surface area contributed by atoms with Gasteiger partial charge in [0.1, 0.15) is 11.2 Å². The molecule has 7 nitrogen and oxygen atoms in total. The van der Waals surface area contributed by atoms with Crippen LogP contribution in [0.25, 0.3) is 0 Å². The average molecular weight is 378 g/mol. The van der Waals surface area contributed by atoms with E-state index in [0.29, 0.717) is 30.8 Å². The van der Waals surface area contributed by atoms with Gasteiger partial charge in [0.25, 0.3) is 0 Å². The molecule has 0 unspecified atom stereocenters. The third-order valence-corrected chi connectivity index (χ3v) is 5.07. The fraction of sp³-hybridized carbons (Fsp3) is 0.476. The largest absolute Gasteiger partial charge is 0.341 e. The van der Waals surface area contributed by atoms with Crippen LogP contribution in [0.1, 0.15) is 49.6 Å². The minimum atomic E-state index is -0.966. The normalized spacial score (nSPS) is 15.2. The van der Waals surface area contributed by atoms with E-state index < -0.39 is 5.41 Å². The summed E-state index contributed by atoms with van der Waals surface area (Å²) in [6.07, 6.45) is 3.53. The second kappa shape index (κ2) is 7.93. The van der Waals surface area contributed by atoms with Gasteiger partial charge in [0, 0.05) is 30.7 Å². The molecule has 146 valence electrons. The van der Waals surface area contributed by atoms with Gasteiger partial charge in [-0.2, -0.15) is 5.26 Å². The molecular weight excluding hydrogens is 352 g/mol. The van der Waals surface area contributed by atoms with Crippen molar-refractivity contribution in [3.05, 3.63) is 41.3 Å². The number of aromatic nitrogens is 3. The SMILES string of the molecule is Cc1cc(C)nc(Nc2cc(C3CCN(C(=O)C(C)(C)C#N)CC3)ccn2)n1. The number of nitrogens with zero attached hydrogens (tertiary/aromatic N) is 5. The van der Waals surface area contributed by atoms with Crippen molar-refractivity contribution in [3.63, 3.8) is 0 Å². The Labute approximate surface area is 165 Å². The first-order valence-electron chi connectivity index (χ1n) is 9.54. The smallest absolute Gasteiger partial charge is 0.242 e. The Morgan fingerprint density at radius 1 is 1.21 bits per heavy atom. The Bertz CT molecular complexity index is 889. The maximum Gasteiger partial charge on any atom is 0.242 e. The van der Waals surface area contributed by atoms with Gasteiger partial charge in [-0.05, 0) is 70.2 Å². The summed E-state index contributed by atoms with van der Waals surface area (Å²) in [5.74, 6) is 1.53. The quantitative estimate of drug-likeness (QED) is 0.875. The molecule has 1 saturated heterocycles. The van der Waals surface area contributed by atoms with Gasteiger partial charge in [0.15, 0.2) is 0 Å². The number of rotatable bonds is 4. The van der Waals surface area contributed by atoms with Crippen molar-refractivity contribution in [1.29, 1.82) is 5.26 Å². The highest BCUT2D eigenvalue weighted by atomic mass is 16.2. The van der Waals surface area contributed by atoms with Gasteiger partial charge in [0.05, 0.1) is 6.07 Å². The van der Waals surface area contributed by atoms with Gasteiger partial charge >= 0.3 is 0 Å². The lowest BCUT2D eigenvalue weighted by Crippen LogP contribution is -2.44. The summed E-state index contributed by atoms with van der Waals surface area (Å²) in [6, 6.07) is 8.08. The number of likely N-dealkylation sites (tertiary alicyclic amines) is 1. The van der Waals surface area contributed by atoms with Gasteiger partial charge in [-0.1, -0.05) is 0 Å². The number of aryl methyl sites for hydroxylation is 2. The predicted octanol–water partition coefficient (Wildman–Crippen LogP) is 3.49. The van der Waals surface area contributed by atoms with E-state index in [1.165, 1.54) is 5.56 Å². The fourth-order valence-electron chi connectivity index (χ4n) is 3.52. The lowest BCUT2D eigenvalue weighted by Gasteiger charge is -2.35. The van der Waals surface area contributed by atoms with E-state index in [0.717, 1.165) is 24.2 Å². The van der Waals surface area contributed by atoms with Crippen molar-refractivity contribution < 1.29 is 4.79 Å². The molecule has 0 aromatic carbocycles. The minimum absolute atomic E-state index is 0.0856. The Morgan fingerprint density at radius 3 is 2.46 bits per heavy atom. The Balaban J connectivity index is 1.67. The third kappa shape index (κ3) is 4.45.